The summed E-state index contributed by atoms with van der Waals surface area (Å²) in [6.45, 7) is 1.91. The molecule has 3 unspecified atom stereocenters. The van der Waals surface area contributed by atoms with Crippen LogP contribution in [0, 0.1) is 0 Å². The highest BCUT2D eigenvalue weighted by Crippen LogP contribution is 2.43. The second-order valence-electron chi connectivity index (χ2n) is 5.38. The Morgan fingerprint density at radius 3 is 3.06 bits per heavy atom. The molecular formula is C15H20N2O. The zero-order chi connectivity index (χ0) is 12.5. The van der Waals surface area contributed by atoms with Crippen molar-refractivity contribution < 1.29 is 4.79 Å². The second kappa shape index (κ2) is 4.63. The van der Waals surface area contributed by atoms with Gasteiger partial charge < -0.3 is 10.6 Å². The Hall–Kier alpha value is -1.51. The number of anilines is 1. The molecule has 1 aliphatic carbocycles. The van der Waals surface area contributed by atoms with Crippen molar-refractivity contribution in [2.24, 2.45) is 0 Å². The predicted octanol–water partition coefficient (Wildman–Crippen LogP) is 2.64. The number of benzene rings is 1. The summed E-state index contributed by atoms with van der Waals surface area (Å²) in [6.07, 6.45) is 3.90. The lowest BCUT2D eigenvalue weighted by atomic mass is 9.80. The highest BCUT2D eigenvalue weighted by atomic mass is 16.1. The first-order valence-electron chi connectivity index (χ1n) is 6.92. The molecular weight excluding hydrogens is 224 g/mol. The summed E-state index contributed by atoms with van der Waals surface area (Å²) < 4.78 is 0. The average molecular weight is 244 g/mol. The maximum absolute atomic E-state index is 11.5. The van der Waals surface area contributed by atoms with E-state index in [1.54, 1.807) is 0 Å². The van der Waals surface area contributed by atoms with Gasteiger partial charge in [-0.3, -0.25) is 4.79 Å². The monoisotopic (exact) mass is 244 g/mol. The van der Waals surface area contributed by atoms with Gasteiger partial charge in [0.25, 0.3) is 0 Å². The molecule has 2 aliphatic rings. The number of nitrogens with one attached hydrogen (secondary N) is 2. The standard InChI is InChI=1S/C15H20N2O/c1-2-15(18)16-10-7-8-12-11-5-3-4-6-13(11)17-14(12)9-10/h3-6,10,12,14,17H,2,7-9H2,1H3,(H,16,18). The van der Waals surface area contributed by atoms with E-state index in [1.165, 1.54) is 17.7 Å². The molecule has 0 aromatic heterocycles. The maximum Gasteiger partial charge on any atom is 0.219 e. The van der Waals surface area contributed by atoms with E-state index in [1.807, 2.05) is 6.92 Å². The molecule has 3 nitrogen and oxygen atoms in total. The van der Waals surface area contributed by atoms with Gasteiger partial charge in [-0.1, -0.05) is 25.1 Å². The van der Waals surface area contributed by atoms with Gasteiger partial charge >= 0.3 is 0 Å². The van der Waals surface area contributed by atoms with Gasteiger partial charge in [0, 0.05) is 30.1 Å². The van der Waals surface area contributed by atoms with Gasteiger partial charge in [-0.2, -0.15) is 0 Å². The molecule has 1 heterocycles. The molecule has 0 radical (unpaired) electrons. The zero-order valence-corrected chi connectivity index (χ0v) is 10.8. The molecule has 0 spiro atoms. The summed E-state index contributed by atoms with van der Waals surface area (Å²) in [5, 5.41) is 6.74. The lowest BCUT2D eigenvalue weighted by Gasteiger charge is -2.32. The predicted molar refractivity (Wildman–Crippen MR) is 72.7 cm³/mol. The van der Waals surface area contributed by atoms with Crippen molar-refractivity contribution in [3.63, 3.8) is 0 Å². The fourth-order valence-electron chi connectivity index (χ4n) is 3.31. The van der Waals surface area contributed by atoms with Crippen LogP contribution in [0.5, 0.6) is 0 Å². The maximum atomic E-state index is 11.5. The smallest absolute Gasteiger partial charge is 0.219 e. The Morgan fingerprint density at radius 2 is 2.22 bits per heavy atom. The van der Waals surface area contributed by atoms with E-state index < -0.39 is 0 Å². The van der Waals surface area contributed by atoms with Crippen LogP contribution in [-0.2, 0) is 4.79 Å². The number of carbonyl (C=O) groups excluding carboxylic acids is 1. The third-order valence-electron chi connectivity index (χ3n) is 4.24. The Labute approximate surface area is 108 Å². The summed E-state index contributed by atoms with van der Waals surface area (Å²) in [5.41, 5.74) is 2.75. The second-order valence-corrected chi connectivity index (χ2v) is 5.38. The SMILES string of the molecule is CCC(=O)NC1CCC2c3ccccc3NC2C1. The van der Waals surface area contributed by atoms with E-state index in [4.69, 9.17) is 0 Å². The van der Waals surface area contributed by atoms with Gasteiger partial charge in [0.1, 0.15) is 0 Å². The first-order chi connectivity index (χ1) is 8.78. The summed E-state index contributed by atoms with van der Waals surface area (Å²) in [6, 6.07) is 9.44. The number of para-hydroxylation sites is 1. The van der Waals surface area contributed by atoms with Crippen molar-refractivity contribution in [1.29, 1.82) is 0 Å². The number of fused-ring (bicyclic) bond motifs is 3. The van der Waals surface area contributed by atoms with E-state index in [9.17, 15) is 4.79 Å². The van der Waals surface area contributed by atoms with Crippen molar-refractivity contribution in [3.8, 4) is 0 Å². The van der Waals surface area contributed by atoms with Crippen LogP contribution in [0.15, 0.2) is 24.3 Å². The summed E-state index contributed by atoms with van der Waals surface area (Å²) in [7, 11) is 0. The molecule has 3 rings (SSSR count). The minimum atomic E-state index is 0.175. The number of amides is 1. The van der Waals surface area contributed by atoms with E-state index in [0.717, 1.165) is 12.8 Å². The molecule has 1 saturated carbocycles. The molecule has 1 fully saturated rings. The quantitative estimate of drug-likeness (QED) is 0.839. The molecule has 0 saturated heterocycles. The molecule has 1 amide bonds. The van der Waals surface area contributed by atoms with Crippen LogP contribution >= 0.6 is 0 Å². The Kier molecular flexibility index (Phi) is 2.98. The van der Waals surface area contributed by atoms with Crippen LogP contribution in [0.25, 0.3) is 0 Å². The number of carbonyl (C=O) groups is 1. The fourth-order valence-corrected chi connectivity index (χ4v) is 3.31. The van der Waals surface area contributed by atoms with E-state index in [-0.39, 0.29) is 5.91 Å². The lowest BCUT2D eigenvalue weighted by molar-refractivity contribution is -0.121. The Bertz CT molecular complexity index is 458. The minimum absolute atomic E-state index is 0.175. The Balaban J connectivity index is 1.69. The first kappa shape index (κ1) is 11.6. The first-order valence-corrected chi connectivity index (χ1v) is 6.92. The average Bonchev–Trinajstić information content (AvgIpc) is 2.76. The molecule has 1 aromatic rings. The lowest BCUT2D eigenvalue weighted by Crippen LogP contribution is -2.42. The van der Waals surface area contributed by atoms with Gasteiger partial charge in [0.15, 0.2) is 0 Å². The number of rotatable bonds is 2. The van der Waals surface area contributed by atoms with E-state index in [0.29, 0.717) is 24.4 Å². The highest BCUT2D eigenvalue weighted by Gasteiger charge is 2.37. The molecule has 0 bridgehead atoms. The van der Waals surface area contributed by atoms with Crippen molar-refractivity contribution in [3.05, 3.63) is 29.8 Å². The molecule has 18 heavy (non-hydrogen) atoms. The third-order valence-corrected chi connectivity index (χ3v) is 4.24. The van der Waals surface area contributed by atoms with Crippen LogP contribution in [-0.4, -0.2) is 18.0 Å². The van der Waals surface area contributed by atoms with Gasteiger partial charge in [0.05, 0.1) is 0 Å². The zero-order valence-electron chi connectivity index (χ0n) is 10.8. The van der Waals surface area contributed by atoms with Crippen LogP contribution in [0.4, 0.5) is 5.69 Å². The molecule has 96 valence electrons. The molecule has 3 atom stereocenters. The van der Waals surface area contributed by atoms with Crippen LogP contribution in [0.1, 0.15) is 44.1 Å². The largest absolute Gasteiger partial charge is 0.381 e. The van der Waals surface area contributed by atoms with Gasteiger partial charge in [-0.25, -0.2) is 0 Å². The fraction of sp³-hybridized carbons (Fsp3) is 0.533. The number of hydrogen-bond acceptors (Lipinski definition) is 2. The van der Waals surface area contributed by atoms with Crippen LogP contribution in [0.2, 0.25) is 0 Å². The summed E-state index contributed by atoms with van der Waals surface area (Å²) in [5.74, 6) is 0.810. The Morgan fingerprint density at radius 1 is 1.39 bits per heavy atom. The van der Waals surface area contributed by atoms with Gasteiger partial charge in [-0.05, 0) is 30.9 Å². The van der Waals surface area contributed by atoms with E-state index in [2.05, 4.69) is 34.9 Å². The van der Waals surface area contributed by atoms with Crippen LogP contribution in [0.3, 0.4) is 0 Å². The topological polar surface area (TPSA) is 41.1 Å². The summed E-state index contributed by atoms with van der Waals surface area (Å²) >= 11 is 0. The molecule has 1 aliphatic heterocycles. The minimum Gasteiger partial charge on any atom is -0.381 e. The normalized spacial score (nSPS) is 29.1. The van der Waals surface area contributed by atoms with Crippen molar-refractivity contribution >= 4 is 11.6 Å². The van der Waals surface area contributed by atoms with Crippen molar-refractivity contribution in [2.45, 2.75) is 50.6 Å². The molecule has 3 heteroatoms. The highest BCUT2D eigenvalue weighted by molar-refractivity contribution is 5.75. The van der Waals surface area contributed by atoms with E-state index >= 15 is 0 Å². The summed E-state index contributed by atoms with van der Waals surface area (Å²) in [4.78, 5) is 11.5. The van der Waals surface area contributed by atoms with Crippen LogP contribution < -0.4 is 10.6 Å². The molecule has 2 N–H and O–H groups in total. The third kappa shape index (κ3) is 1.98. The van der Waals surface area contributed by atoms with Gasteiger partial charge in [-0.15, -0.1) is 0 Å². The molecule has 1 aromatic carbocycles. The van der Waals surface area contributed by atoms with Crippen molar-refractivity contribution in [2.75, 3.05) is 5.32 Å². The van der Waals surface area contributed by atoms with Gasteiger partial charge in [0.2, 0.25) is 5.91 Å². The van der Waals surface area contributed by atoms with Crippen molar-refractivity contribution in [1.82, 2.24) is 5.32 Å². The number of hydrogen-bond donors (Lipinski definition) is 2.